The van der Waals surface area contributed by atoms with E-state index in [1.807, 2.05) is 18.2 Å². The van der Waals surface area contributed by atoms with Gasteiger partial charge in [0.25, 0.3) is 0 Å². The third-order valence-electron chi connectivity index (χ3n) is 3.25. The van der Waals surface area contributed by atoms with Gasteiger partial charge in [-0.3, -0.25) is 0 Å². The first-order valence-electron chi connectivity index (χ1n) is 7.10. The Balaban J connectivity index is 2.47. The van der Waals surface area contributed by atoms with Crippen LogP contribution >= 0.6 is 0 Å². The standard InChI is InChI=1S/C14H23NOSSi/c1-18(2,3)12-14-10-7-11-15-17(14,16)13-8-5-4-6-9-13/h4-6,8-9,14H,7,10-12H2,1-3H3/t14-,17+/m0/s1/i8D. The summed E-state index contributed by atoms with van der Waals surface area (Å²) in [6.45, 7) is 7.62. The largest absolute Gasteiger partial charge is 0.244 e. The fourth-order valence-electron chi connectivity index (χ4n) is 2.49. The summed E-state index contributed by atoms with van der Waals surface area (Å²) in [5.41, 5.74) is 0. The monoisotopic (exact) mass is 282 g/mol. The van der Waals surface area contributed by atoms with Crippen molar-refractivity contribution >= 4 is 17.8 Å². The quantitative estimate of drug-likeness (QED) is 0.770. The van der Waals surface area contributed by atoms with Gasteiger partial charge in [-0.1, -0.05) is 37.8 Å². The third-order valence-corrected chi connectivity index (χ3v) is 8.02. The molecule has 1 aliphatic rings. The molecule has 0 radical (unpaired) electrons. The molecule has 0 unspecified atom stereocenters. The summed E-state index contributed by atoms with van der Waals surface area (Å²) in [5, 5.41) is 0.138. The second-order valence-electron chi connectivity index (χ2n) is 6.18. The maximum atomic E-state index is 13.4. The van der Waals surface area contributed by atoms with Gasteiger partial charge >= 0.3 is 0 Å². The number of nitrogens with zero attached hydrogens (tertiary/aromatic N) is 1. The first-order valence-corrected chi connectivity index (χ1v) is 11.9. The highest BCUT2D eigenvalue weighted by Gasteiger charge is 2.31. The lowest BCUT2D eigenvalue weighted by Crippen LogP contribution is -2.34. The molecule has 18 heavy (non-hydrogen) atoms. The highest BCUT2D eigenvalue weighted by Crippen LogP contribution is 2.31. The molecule has 2 nitrogen and oxygen atoms in total. The second-order valence-corrected chi connectivity index (χ2v) is 14.2. The van der Waals surface area contributed by atoms with E-state index in [2.05, 4.69) is 24.0 Å². The van der Waals surface area contributed by atoms with Crippen molar-refractivity contribution in [2.75, 3.05) is 6.54 Å². The zero-order valence-corrected chi connectivity index (χ0v) is 13.3. The Morgan fingerprint density at radius 3 is 2.89 bits per heavy atom. The Bertz CT molecular complexity index is 573. The van der Waals surface area contributed by atoms with Gasteiger partial charge in [-0.2, -0.15) is 0 Å². The van der Waals surface area contributed by atoms with Crippen LogP contribution < -0.4 is 0 Å². The summed E-state index contributed by atoms with van der Waals surface area (Å²) in [5.74, 6) is 0. The predicted octanol–water partition coefficient (Wildman–Crippen LogP) is 4.01. The smallest absolute Gasteiger partial charge is 0.0778 e. The van der Waals surface area contributed by atoms with Crippen LogP contribution in [0.25, 0.3) is 0 Å². The van der Waals surface area contributed by atoms with Gasteiger partial charge < -0.3 is 0 Å². The first kappa shape index (κ1) is 12.4. The zero-order chi connectivity index (χ0) is 14.1. The molecule has 100 valence electrons. The van der Waals surface area contributed by atoms with Gasteiger partial charge in [-0.25, -0.2) is 8.57 Å². The fourth-order valence-corrected chi connectivity index (χ4v) is 8.57. The Hall–Kier alpha value is -0.613. The number of hydrogen-bond acceptors (Lipinski definition) is 2. The van der Waals surface area contributed by atoms with E-state index >= 15 is 0 Å². The summed E-state index contributed by atoms with van der Waals surface area (Å²) in [7, 11) is -3.69. The van der Waals surface area contributed by atoms with Crippen molar-refractivity contribution in [3.05, 3.63) is 30.3 Å². The molecular formula is C14H23NOSSi. The Kier molecular flexibility index (Phi) is 3.57. The first-order chi connectivity index (χ1) is 8.83. The lowest BCUT2D eigenvalue weighted by Gasteiger charge is -2.30. The van der Waals surface area contributed by atoms with E-state index in [1.165, 1.54) is 0 Å². The van der Waals surface area contributed by atoms with Gasteiger partial charge in [0, 0.05) is 24.8 Å². The van der Waals surface area contributed by atoms with Crippen LogP contribution in [0.1, 0.15) is 14.2 Å². The maximum Gasteiger partial charge on any atom is 0.0778 e. The van der Waals surface area contributed by atoms with Crippen molar-refractivity contribution in [3.63, 3.8) is 0 Å². The van der Waals surface area contributed by atoms with E-state index in [0.29, 0.717) is 17.5 Å². The minimum Gasteiger partial charge on any atom is -0.244 e. The molecule has 0 N–H and O–H groups in total. The Labute approximate surface area is 113 Å². The predicted molar refractivity (Wildman–Crippen MR) is 81.3 cm³/mol. The van der Waals surface area contributed by atoms with Gasteiger partial charge in [0.1, 0.15) is 0 Å². The molecule has 0 spiro atoms. The number of benzene rings is 1. The van der Waals surface area contributed by atoms with Gasteiger partial charge in [0.2, 0.25) is 0 Å². The Morgan fingerprint density at radius 1 is 1.44 bits per heavy atom. The van der Waals surface area contributed by atoms with Crippen molar-refractivity contribution in [2.45, 2.75) is 48.7 Å². The van der Waals surface area contributed by atoms with Crippen LogP contribution in [-0.4, -0.2) is 24.1 Å². The fraction of sp³-hybridized carbons (Fsp3) is 0.571. The van der Waals surface area contributed by atoms with Crippen LogP contribution in [0.3, 0.4) is 0 Å². The molecule has 1 aromatic rings. The minimum atomic E-state index is -2.40. The molecule has 2 atom stereocenters. The normalized spacial score (nSPS) is 29.5. The van der Waals surface area contributed by atoms with Gasteiger partial charge in [-0.15, -0.1) is 0 Å². The van der Waals surface area contributed by atoms with Crippen molar-refractivity contribution < 1.29 is 5.58 Å². The van der Waals surface area contributed by atoms with Crippen LogP contribution in [0.15, 0.2) is 39.6 Å². The van der Waals surface area contributed by atoms with Crippen molar-refractivity contribution in [3.8, 4) is 0 Å². The molecule has 2 rings (SSSR count). The van der Waals surface area contributed by atoms with E-state index in [1.54, 1.807) is 6.07 Å². The molecule has 1 aromatic carbocycles. The van der Waals surface area contributed by atoms with Gasteiger partial charge in [0.15, 0.2) is 0 Å². The third kappa shape index (κ3) is 3.04. The zero-order valence-electron chi connectivity index (χ0n) is 12.5. The minimum absolute atomic E-state index is 0.138. The van der Waals surface area contributed by atoms with Crippen LogP contribution in [0.4, 0.5) is 0 Å². The van der Waals surface area contributed by atoms with Crippen LogP contribution in [-0.2, 0) is 9.73 Å². The van der Waals surface area contributed by atoms with Crippen molar-refractivity contribution in [1.82, 2.24) is 0 Å². The molecule has 0 amide bonds. The van der Waals surface area contributed by atoms with E-state index in [0.717, 1.165) is 18.9 Å². The van der Waals surface area contributed by atoms with Crippen LogP contribution in [0.2, 0.25) is 25.7 Å². The summed E-state index contributed by atoms with van der Waals surface area (Å²) >= 11 is 0. The van der Waals surface area contributed by atoms with Crippen LogP contribution in [0, 0.1) is 0 Å². The molecule has 0 aliphatic carbocycles. The molecule has 4 heteroatoms. The van der Waals surface area contributed by atoms with Crippen molar-refractivity contribution in [1.29, 1.82) is 0 Å². The lowest BCUT2D eigenvalue weighted by molar-refractivity contribution is 0.627. The average molecular weight is 283 g/mol. The SMILES string of the molecule is [2H]c1ccccc1[S@]1(=O)=NCCC[C@H]1C[Si](C)(C)C. The molecule has 1 heterocycles. The van der Waals surface area contributed by atoms with E-state index in [4.69, 9.17) is 1.37 Å². The molecular weight excluding hydrogens is 258 g/mol. The lowest BCUT2D eigenvalue weighted by atomic mass is 10.2. The number of hydrogen-bond donors (Lipinski definition) is 0. The maximum absolute atomic E-state index is 13.4. The highest BCUT2D eigenvalue weighted by atomic mass is 32.2. The highest BCUT2D eigenvalue weighted by molar-refractivity contribution is 7.94. The average Bonchev–Trinajstić information content (AvgIpc) is 2.31. The topological polar surface area (TPSA) is 29.4 Å². The van der Waals surface area contributed by atoms with Crippen molar-refractivity contribution in [2.24, 2.45) is 4.36 Å². The molecule has 0 bridgehead atoms. The second kappa shape index (κ2) is 5.17. The number of rotatable bonds is 3. The summed E-state index contributed by atoms with van der Waals surface area (Å²) in [6, 6.07) is 8.65. The van der Waals surface area contributed by atoms with Crippen LogP contribution in [0.5, 0.6) is 0 Å². The summed E-state index contributed by atoms with van der Waals surface area (Å²) in [4.78, 5) is 0.651. The molecule has 0 saturated carbocycles. The molecule has 0 saturated heterocycles. The molecule has 1 aliphatic heterocycles. The van der Waals surface area contributed by atoms with Gasteiger partial charge in [0.05, 0.1) is 11.1 Å². The summed E-state index contributed by atoms with van der Waals surface area (Å²) in [6.07, 6.45) is 2.02. The molecule has 0 aromatic heterocycles. The van der Waals surface area contributed by atoms with E-state index < -0.39 is 17.8 Å². The Morgan fingerprint density at radius 2 is 2.22 bits per heavy atom. The molecule has 0 fully saturated rings. The van der Waals surface area contributed by atoms with E-state index in [-0.39, 0.29) is 5.25 Å². The summed E-state index contributed by atoms with van der Waals surface area (Å²) < 4.78 is 25.9. The van der Waals surface area contributed by atoms with E-state index in [9.17, 15) is 4.21 Å². The van der Waals surface area contributed by atoms with Gasteiger partial charge in [-0.05, 0) is 31.0 Å².